The first-order chi connectivity index (χ1) is 7.83. The zero-order valence-corrected chi connectivity index (χ0v) is 9.29. The number of nitrogens with zero attached hydrogens (tertiary/aromatic N) is 1. The Balaban J connectivity index is 1.91. The quantitative estimate of drug-likeness (QED) is 0.810. The number of imidazole rings is 1. The summed E-state index contributed by atoms with van der Waals surface area (Å²) in [5.41, 5.74) is 1.14. The van der Waals surface area contributed by atoms with Crippen molar-refractivity contribution >= 4 is 12.2 Å². The molecule has 0 unspecified atom stereocenters. The summed E-state index contributed by atoms with van der Waals surface area (Å²) in [6.07, 6.45) is 3.75. The van der Waals surface area contributed by atoms with Crippen molar-refractivity contribution in [2.45, 2.75) is 6.54 Å². The van der Waals surface area contributed by atoms with Gasteiger partial charge in [0.15, 0.2) is 16.3 Å². The van der Waals surface area contributed by atoms with Crippen molar-refractivity contribution in [1.82, 2.24) is 9.55 Å². The minimum atomic E-state index is 0.308. The fourth-order valence-electron chi connectivity index (χ4n) is 1.71. The molecule has 1 aliphatic rings. The number of rotatable bonds is 2. The smallest absolute Gasteiger partial charge is 0.231 e. The van der Waals surface area contributed by atoms with Crippen LogP contribution in [0.5, 0.6) is 11.5 Å². The highest BCUT2D eigenvalue weighted by molar-refractivity contribution is 7.71. The van der Waals surface area contributed by atoms with Gasteiger partial charge in [0.2, 0.25) is 6.79 Å². The van der Waals surface area contributed by atoms with Gasteiger partial charge in [0.05, 0.1) is 0 Å². The van der Waals surface area contributed by atoms with Crippen LogP contribution in [0.1, 0.15) is 5.56 Å². The van der Waals surface area contributed by atoms with Gasteiger partial charge in [0.25, 0.3) is 0 Å². The molecule has 16 heavy (non-hydrogen) atoms. The molecule has 5 heteroatoms. The molecule has 0 bridgehead atoms. The maximum Gasteiger partial charge on any atom is 0.231 e. The Morgan fingerprint density at radius 2 is 2.19 bits per heavy atom. The third kappa shape index (κ3) is 1.59. The predicted molar refractivity (Wildman–Crippen MR) is 61.3 cm³/mol. The van der Waals surface area contributed by atoms with Gasteiger partial charge in [-0.05, 0) is 29.9 Å². The molecule has 0 fully saturated rings. The van der Waals surface area contributed by atoms with Crippen LogP contribution in [0, 0.1) is 4.77 Å². The number of H-pyrrole nitrogens is 1. The molecular weight excluding hydrogens is 224 g/mol. The van der Waals surface area contributed by atoms with E-state index in [1.807, 2.05) is 35.2 Å². The predicted octanol–water partition coefficient (Wildman–Crippen LogP) is 2.32. The van der Waals surface area contributed by atoms with Gasteiger partial charge in [0, 0.05) is 18.9 Å². The van der Waals surface area contributed by atoms with E-state index < -0.39 is 0 Å². The van der Waals surface area contributed by atoms with Crippen LogP contribution in [0.3, 0.4) is 0 Å². The monoisotopic (exact) mass is 234 g/mol. The average Bonchev–Trinajstić information content (AvgIpc) is 2.88. The SMILES string of the molecule is S=c1[nH]ccn1Cc1ccc2c(c1)OCO2. The minimum Gasteiger partial charge on any atom is -0.454 e. The van der Waals surface area contributed by atoms with Gasteiger partial charge >= 0.3 is 0 Å². The summed E-state index contributed by atoms with van der Waals surface area (Å²) in [7, 11) is 0. The fourth-order valence-corrected chi connectivity index (χ4v) is 1.90. The Labute approximate surface area is 97.4 Å². The minimum absolute atomic E-state index is 0.308. The number of aromatic amines is 1. The summed E-state index contributed by atoms with van der Waals surface area (Å²) >= 11 is 5.14. The molecule has 1 aliphatic heterocycles. The maximum absolute atomic E-state index is 5.32. The van der Waals surface area contributed by atoms with E-state index in [0.29, 0.717) is 6.79 Å². The molecule has 3 rings (SSSR count). The van der Waals surface area contributed by atoms with Crippen LogP contribution in [0.25, 0.3) is 0 Å². The third-order valence-electron chi connectivity index (χ3n) is 2.51. The van der Waals surface area contributed by atoms with Crippen LogP contribution in [0.15, 0.2) is 30.6 Å². The second kappa shape index (κ2) is 3.68. The number of nitrogens with one attached hydrogen (secondary N) is 1. The average molecular weight is 234 g/mol. The summed E-state index contributed by atoms with van der Waals surface area (Å²) < 4.78 is 13.3. The van der Waals surface area contributed by atoms with Crippen LogP contribution in [0.4, 0.5) is 0 Å². The van der Waals surface area contributed by atoms with E-state index >= 15 is 0 Å². The molecule has 0 spiro atoms. The van der Waals surface area contributed by atoms with E-state index in [2.05, 4.69) is 4.98 Å². The van der Waals surface area contributed by atoms with Gasteiger partial charge in [-0.15, -0.1) is 0 Å². The number of aromatic nitrogens is 2. The number of fused-ring (bicyclic) bond motifs is 1. The first kappa shape index (κ1) is 9.47. The first-order valence-corrected chi connectivity index (χ1v) is 5.36. The maximum atomic E-state index is 5.32. The molecule has 0 saturated heterocycles. The van der Waals surface area contributed by atoms with Gasteiger partial charge in [-0.2, -0.15) is 0 Å². The summed E-state index contributed by atoms with van der Waals surface area (Å²) in [4.78, 5) is 2.96. The topological polar surface area (TPSA) is 39.2 Å². The summed E-state index contributed by atoms with van der Waals surface area (Å²) in [6.45, 7) is 1.04. The van der Waals surface area contributed by atoms with Gasteiger partial charge in [-0.1, -0.05) is 6.07 Å². The van der Waals surface area contributed by atoms with Crippen LogP contribution in [-0.4, -0.2) is 16.3 Å². The van der Waals surface area contributed by atoms with Crippen molar-refractivity contribution in [2.75, 3.05) is 6.79 Å². The third-order valence-corrected chi connectivity index (χ3v) is 2.86. The fraction of sp³-hybridized carbons (Fsp3) is 0.182. The normalized spacial score (nSPS) is 13.0. The Morgan fingerprint density at radius 1 is 1.31 bits per heavy atom. The highest BCUT2D eigenvalue weighted by atomic mass is 32.1. The van der Waals surface area contributed by atoms with E-state index in [-0.39, 0.29) is 0 Å². The largest absolute Gasteiger partial charge is 0.454 e. The summed E-state index contributed by atoms with van der Waals surface area (Å²) in [5.74, 6) is 1.61. The van der Waals surface area contributed by atoms with E-state index in [1.165, 1.54) is 0 Å². The lowest BCUT2D eigenvalue weighted by Crippen LogP contribution is -1.97. The molecule has 0 atom stereocenters. The van der Waals surface area contributed by atoms with Crippen molar-refractivity contribution in [1.29, 1.82) is 0 Å². The van der Waals surface area contributed by atoms with Gasteiger partial charge in [0.1, 0.15) is 0 Å². The van der Waals surface area contributed by atoms with Crippen molar-refractivity contribution in [3.63, 3.8) is 0 Å². The Bertz CT molecular complexity index is 573. The Morgan fingerprint density at radius 3 is 3.00 bits per heavy atom. The lowest BCUT2D eigenvalue weighted by Gasteiger charge is -2.03. The number of hydrogen-bond acceptors (Lipinski definition) is 3. The molecule has 82 valence electrons. The van der Waals surface area contributed by atoms with Crippen LogP contribution in [0.2, 0.25) is 0 Å². The highest BCUT2D eigenvalue weighted by Crippen LogP contribution is 2.32. The molecule has 2 heterocycles. The Hall–Kier alpha value is -1.75. The van der Waals surface area contributed by atoms with E-state index in [9.17, 15) is 0 Å². The summed E-state index contributed by atoms with van der Waals surface area (Å²) in [5, 5.41) is 0. The molecular formula is C11H10N2O2S. The van der Waals surface area contributed by atoms with E-state index in [4.69, 9.17) is 21.7 Å². The number of ether oxygens (including phenoxy) is 2. The second-order valence-electron chi connectivity index (χ2n) is 3.58. The molecule has 1 N–H and O–H groups in total. The number of benzene rings is 1. The zero-order valence-electron chi connectivity index (χ0n) is 8.47. The summed E-state index contributed by atoms with van der Waals surface area (Å²) in [6, 6.07) is 5.92. The van der Waals surface area contributed by atoms with Crippen LogP contribution >= 0.6 is 12.2 Å². The first-order valence-electron chi connectivity index (χ1n) is 4.95. The van der Waals surface area contributed by atoms with E-state index in [1.54, 1.807) is 0 Å². The molecule has 2 aromatic rings. The van der Waals surface area contributed by atoms with Crippen molar-refractivity contribution in [3.8, 4) is 11.5 Å². The highest BCUT2D eigenvalue weighted by Gasteiger charge is 2.13. The standard InChI is InChI=1S/C11H10N2O2S/c16-11-12-3-4-13(11)6-8-1-2-9-10(5-8)15-7-14-9/h1-5H,6-7H2,(H,12,16). The lowest BCUT2D eigenvalue weighted by atomic mass is 10.2. The molecule has 4 nitrogen and oxygen atoms in total. The molecule has 0 radical (unpaired) electrons. The van der Waals surface area contributed by atoms with Crippen molar-refractivity contribution < 1.29 is 9.47 Å². The zero-order chi connectivity index (χ0) is 11.0. The molecule has 0 amide bonds. The van der Waals surface area contributed by atoms with Crippen molar-refractivity contribution in [2.24, 2.45) is 0 Å². The van der Waals surface area contributed by atoms with Crippen LogP contribution in [-0.2, 0) is 6.54 Å². The van der Waals surface area contributed by atoms with Gasteiger partial charge in [-0.3, -0.25) is 0 Å². The van der Waals surface area contributed by atoms with Crippen LogP contribution < -0.4 is 9.47 Å². The lowest BCUT2D eigenvalue weighted by molar-refractivity contribution is 0.174. The van der Waals surface area contributed by atoms with Gasteiger partial charge < -0.3 is 19.0 Å². The van der Waals surface area contributed by atoms with Gasteiger partial charge in [-0.25, -0.2) is 0 Å². The molecule has 1 aromatic heterocycles. The molecule has 0 saturated carbocycles. The second-order valence-corrected chi connectivity index (χ2v) is 3.97. The van der Waals surface area contributed by atoms with E-state index in [0.717, 1.165) is 28.4 Å². The molecule has 1 aromatic carbocycles. The Kier molecular flexibility index (Phi) is 2.18. The number of hydrogen-bond donors (Lipinski definition) is 1. The molecule has 0 aliphatic carbocycles. The van der Waals surface area contributed by atoms with Crippen molar-refractivity contribution in [3.05, 3.63) is 40.9 Å².